The minimum atomic E-state index is 0.412. The van der Waals surface area contributed by atoms with E-state index in [0.29, 0.717) is 6.01 Å². The van der Waals surface area contributed by atoms with Crippen molar-refractivity contribution in [3.8, 4) is 6.01 Å². The molecule has 0 fully saturated rings. The fraction of sp³-hybridized carbons (Fsp3) is 0.333. The Hall–Kier alpha value is -0.420. The first-order chi connectivity index (χ1) is 5.36. The zero-order chi connectivity index (χ0) is 8.10. The number of hydrogen-bond acceptors (Lipinski definition) is 5. The van der Waals surface area contributed by atoms with Gasteiger partial charge in [-0.05, 0) is 6.26 Å². The maximum absolute atomic E-state index is 4.81. The fourth-order valence-electron chi connectivity index (χ4n) is 0.549. The van der Waals surface area contributed by atoms with Crippen LogP contribution in [0, 0.1) is 0 Å². The van der Waals surface area contributed by atoms with Crippen LogP contribution in [0.2, 0.25) is 0 Å². The Kier molecular flexibility index (Phi) is 3.51. The third kappa shape index (κ3) is 2.59. The van der Waals surface area contributed by atoms with E-state index in [9.17, 15) is 0 Å². The lowest BCUT2D eigenvalue weighted by atomic mass is 10.7. The van der Waals surface area contributed by atoms with Crippen LogP contribution in [-0.2, 0) is 0 Å². The summed E-state index contributed by atoms with van der Waals surface area (Å²) in [7, 11) is 4.85. The monoisotopic (exact) mass is 188 g/mol. The van der Waals surface area contributed by atoms with Crippen molar-refractivity contribution in [1.29, 1.82) is 0 Å². The van der Waals surface area contributed by atoms with Crippen molar-refractivity contribution in [3.63, 3.8) is 0 Å². The zero-order valence-corrected chi connectivity index (χ0v) is 7.91. The van der Waals surface area contributed by atoms with E-state index in [0.717, 1.165) is 4.90 Å². The van der Waals surface area contributed by atoms with Crippen LogP contribution in [-0.4, -0.2) is 23.3 Å². The Balaban J connectivity index is 2.66. The maximum Gasteiger partial charge on any atom is 0.316 e. The normalized spacial score (nSPS) is 9.64. The lowest BCUT2D eigenvalue weighted by molar-refractivity contribution is 0.378. The van der Waals surface area contributed by atoms with Gasteiger partial charge >= 0.3 is 6.01 Å². The molecule has 0 radical (unpaired) electrons. The van der Waals surface area contributed by atoms with Crippen molar-refractivity contribution in [2.24, 2.45) is 0 Å². The molecule has 1 heterocycles. The molecule has 0 unspecified atom stereocenters. The van der Waals surface area contributed by atoms with Gasteiger partial charge in [0.05, 0.1) is 12.0 Å². The van der Waals surface area contributed by atoms with Gasteiger partial charge < -0.3 is 4.74 Å². The molecule has 0 aliphatic rings. The number of methoxy groups -OCH3 is 1. The molecule has 5 heteroatoms. The summed E-state index contributed by atoms with van der Waals surface area (Å²) in [6.45, 7) is 0. The minimum Gasteiger partial charge on any atom is -0.467 e. The molecule has 3 nitrogen and oxygen atoms in total. The number of aromatic nitrogens is 2. The molecule has 1 aromatic heterocycles. The quantitative estimate of drug-likeness (QED) is 0.676. The van der Waals surface area contributed by atoms with Crippen molar-refractivity contribution in [3.05, 3.63) is 12.4 Å². The Bertz CT molecular complexity index is 214. The second-order valence-electron chi connectivity index (χ2n) is 1.66. The molecular formula is C6H8N2OS2. The Morgan fingerprint density at radius 2 is 2.00 bits per heavy atom. The zero-order valence-electron chi connectivity index (χ0n) is 6.27. The van der Waals surface area contributed by atoms with Crippen molar-refractivity contribution in [1.82, 2.24) is 9.97 Å². The summed E-state index contributed by atoms with van der Waals surface area (Å²) in [6.07, 6.45) is 5.49. The fourth-order valence-corrected chi connectivity index (χ4v) is 1.77. The predicted molar refractivity (Wildman–Crippen MR) is 48.0 cm³/mol. The second kappa shape index (κ2) is 4.46. The number of rotatable bonds is 3. The number of hydrogen-bond donors (Lipinski definition) is 0. The van der Waals surface area contributed by atoms with Crippen LogP contribution < -0.4 is 4.74 Å². The summed E-state index contributed by atoms with van der Waals surface area (Å²) in [5.74, 6) is 0. The van der Waals surface area contributed by atoms with Crippen LogP contribution in [0.3, 0.4) is 0 Å². The third-order valence-electron chi connectivity index (χ3n) is 0.967. The Morgan fingerprint density at radius 1 is 1.36 bits per heavy atom. The molecule has 0 aromatic carbocycles. The second-order valence-corrected chi connectivity index (χ2v) is 4.13. The van der Waals surface area contributed by atoms with Gasteiger partial charge in [0.1, 0.15) is 0 Å². The summed E-state index contributed by atoms with van der Waals surface area (Å²) in [5, 5.41) is 0. The highest BCUT2D eigenvalue weighted by Gasteiger charge is 1.95. The summed E-state index contributed by atoms with van der Waals surface area (Å²) < 4.78 is 4.81. The molecule has 0 aliphatic carbocycles. The highest BCUT2D eigenvalue weighted by molar-refractivity contribution is 8.76. The molecular weight excluding hydrogens is 180 g/mol. The molecule has 0 aliphatic heterocycles. The molecule has 0 saturated carbocycles. The predicted octanol–water partition coefficient (Wildman–Crippen LogP) is 1.86. The largest absolute Gasteiger partial charge is 0.467 e. The SMILES string of the molecule is COc1ncc(SSC)cn1. The number of ether oxygens (including phenoxy) is 1. The van der Waals surface area contributed by atoms with E-state index in [1.54, 1.807) is 41.1 Å². The topological polar surface area (TPSA) is 35.0 Å². The van der Waals surface area contributed by atoms with Crippen molar-refractivity contribution in [2.75, 3.05) is 13.4 Å². The van der Waals surface area contributed by atoms with E-state index in [1.165, 1.54) is 0 Å². The third-order valence-corrected chi connectivity index (χ3v) is 2.61. The van der Waals surface area contributed by atoms with Gasteiger partial charge in [0.25, 0.3) is 0 Å². The van der Waals surface area contributed by atoms with Crippen molar-refractivity contribution < 1.29 is 4.74 Å². The molecule has 1 rings (SSSR count). The maximum atomic E-state index is 4.81. The summed E-state index contributed by atoms with van der Waals surface area (Å²) in [6, 6.07) is 0.412. The van der Waals surface area contributed by atoms with E-state index in [-0.39, 0.29) is 0 Å². The molecule has 60 valence electrons. The first kappa shape index (κ1) is 8.67. The summed E-state index contributed by atoms with van der Waals surface area (Å²) in [4.78, 5) is 8.94. The number of nitrogens with zero attached hydrogens (tertiary/aromatic N) is 2. The molecule has 0 atom stereocenters. The molecule has 0 amide bonds. The average molecular weight is 188 g/mol. The Labute approximate surface area is 73.4 Å². The first-order valence-corrected chi connectivity index (χ1v) is 5.49. The highest BCUT2D eigenvalue weighted by Crippen LogP contribution is 2.27. The van der Waals surface area contributed by atoms with Gasteiger partial charge in [0.2, 0.25) is 0 Å². The van der Waals surface area contributed by atoms with Gasteiger partial charge in [0, 0.05) is 12.4 Å². The summed E-state index contributed by atoms with van der Waals surface area (Å²) >= 11 is 0. The van der Waals surface area contributed by atoms with Crippen molar-refractivity contribution in [2.45, 2.75) is 4.90 Å². The van der Waals surface area contributed by atoms with E-state index in [4.69, 9.17) is 4.74 Å². The van der Waals surface area contributed by atoms with E-state index in [1.807, 2.05) is 6.26 Å². The van der Waals surface area contributed by atoms with Crippen LogP contribution in [0.4, 0.5) is 0 Å². The molecule has 0 bridgehead atoms. The van der Waals surface area contributed by atoms with Crippen LogP contribution >= 0.6 is 21.6 Å². The lowest BCUT2D eigenvalue weighted by Crippen LogP contribution is -1.89. The van der Waals surface area contributed by atoms with E-state index < -0.39 is 0 Å². The van der Waals surface area contributed by atoms with Crippen LogP contribution in [0.25, 0.3) is 0 Å². The van der Waals surface area contributed by atoms with Crippen LogP contribution in [0.1, 0.15) is 0 Å². The van der Waals surface area contributed by atoms with Gasteiger partial charge in [-0.25, -0.2) is 9.97 Å². The Morgan fingerprint density at radius 3 is 2.45 bits per heavy atom. The molecule has 0 saturated heterocycles. The first-order valence-electron chi connectivity index (χ1n) is 2.93. The van der Waals surface area contributed by atoms with E-state index >= 15 is 0 Å². The lowest BCUT2D eigenvalue weighted by Gasteiger charge is -1.97. The van der Waals surface area contributed by atoms with Gasteiger partial charge in [-0.15, -0.1) is 0 Å². The molecule has 11 heavy (non-hydrogen) atoms. The average Bonchev–Trinajstić information content (AvgIpc) is 2.07. The van der Waals surface area contributed by atoms with Crippen LogP contribution in [0.15, 0.2) is 17.3 Å². The van der Waals surface area contributed by atoms with Crippen molar-refractivity contribution >= 4 is 21.6 Å². The highest BCUT2D eigenvalue weighted by atomic mass is 33.1. The summed E-state index contributed by atoms with van der Waals surface area (Å²) in [5.41, 5.74) is 0. The molecule has 1 aromatic rings. The van der Waals surface area contributed by atoms with Gasteiger partial charge in [0.15, 0.2) is 0 Å². The standard InChI is InChI=1S/C6H8N2OS2/c1-9-6-7-3-5(4-8-6)11-10-2/h3-4H,1-2H3. The molecule has 0 N–H and O–H groups in total. The molecule has 0 spiro atoms. The van der Waals surface area contributed by atoms with Gasteiger partial charge in [-0.2, -0.15) is 0 Å². The van der Waals surface area contributed by atoms with Gasteiger partial charge in [-0.3, -0.25) is 0 Å². The van der Waals surface area contributed by atoms with E-state index in [2.05, 4.69) is 9.97 Å². The van der Waals surface area contributed by atoms with Gasteiger partial charge in [-0.1, -0.05) is 21.6 Å². The smallest absolute Gasteiger partial charge is 0.316 e. The minimum absolute atomic E-state index is 0.412. The van der Waals surface area contributed by atoms with Crippen LogP contribution in [0.5, 0.6) is 6.01 Å².